The van der Waals surface area contributed by atoms with Crippen LogP contribution in [0.2, 0.25) is 0 Å². The average Bonchev–Trinajstić information content (AvgIpc) is 3.07. The fourth-order valence-corrected chi connectivity index (χ4v) is 6.16. The topological polar surface area (TPSA) is 80.0 Å². The molecule has 2 aromatic heterocycles. The van der Waals surface area contributed by atoms with Crippen molar-refractivity contribution in [3.05, 3.63) is 37.1 Å². The molecule has 6 rings (SSSR count). The van der Waals surface area contributed by atoms with Crippen molar-refractivity contribution >= 4 is 11.6 Å². The Kier molecular flexibility index (Phi) is 3.47. The summed E-state index contributed by atoms with van der Waals surface area (Å²) in [6, 6.07) is 3.73. The molecule has 4 bridgehead atoms. The quantitative estimate of drug-likeness (QED) is 0.887. The van der Waals surface area contributed by atoms with E-state index in [9.17, 15) is 9.90 Å². The summed E-state index contributed by atoms with van der Waals surface area (Å²) in [7, 11) is 0. The molecular weight excluding hydrogens is 328 g/mol. The van der Waals surface area contributed by atoms with E-state index in [-0.39, 0.29) is 11.3 Å². The Hall–Kier alpha value is -2.21. The third kappa shape index (κ3) is 2.82. The van der Waals surface area contributed by atoms with Gasteiger partial charge in [0, 0.05) is 18.8 Å². The Morgan fingerprint density at radius 1 is 1.27 bits per heavy atom. The molecule has 26 heavy (non-hydrogen) atoms. The predicted octanol–water partition coefficient (Wildman–Crippen LogP) is 2.93. The number of rotatable bonds is 4. The van der Waals surface area contributed by atoms with Crippen LogP contribution in [0.4, 0.5) is 5.69 Å². The van der Waals surface area contributed by atoms with Gasteiger partial charge in [-0.3, -0.25) is 9.36 Å². The van der Waals surface area contributed by atoms with E-state index in [1.807, 2.05) is 22.9 Å². The molecule has 4 aliphatic carbocycles. The smallest absolute Gasteiger partial charge is 0.224 e. The van der Waals surface area contributed by atoms with E-state index in [0.29, 0.717) is 23.9 Å². The van der Waals surface area contributed by atoms with E-state index in [4.69, 9.17) is 0 Å². The van der Waals surface area contributed by atoms with Crippen LogP contribution in [0.5, 0.6) is 0 Å². The lowest BCUT2D eigenvalue weighted by Gasteiger charge is -2.60. The first-order chi connectivity index (χ1) is 12.5. The van der Waals surface area contributed by atoms with Gasteiger partial charge in [0.15, 0.2) is 0 Å². The highest BCUT2D eigenvalue weighted by Crippen LogP contribution is 2.62. The van der Waals surface area contributed by atoms with Crippen molar-refractivity contribution in [1.82, 2.24) is 14.5 Å². The molecule has 4 aliphatic rings. The second-order valence-corrected chi connectivity index (χ2v) is 8.79. The fourth-order valence-electron chi connectivity index (χ4n) is 6.16. The number of nitrogens with zero attached hydrogens (tertiary/aromatic N) is 3. The number of aliphatic hydroxyl groups is 1. The first kappa shape index (κ1) is 16.0. The Morgan fingerprint density at radius 2 is 2.08 bits per heavy atom. The molecule has 2 heterocycles. The minimum Gasteiger partial charge on any atom is -0.390 e. The third-order valence-electron chi connectivity index (χ3n) is 6.49. The highest BCUT2D eigenvalue weighted by molar-refractivity contribution is 5.91. The number of anilines is 1. The van der Waals surface area contributed by atoms with Crippen molar-refractivity contribution < 1.29 is 9.90 Å². The van der Waals surface area contributed by atoms with E-state index < -0.39 is 5.60 Å². The van der Waals surface area contributed by atoms with Gasteiger partial charge >= 0.3 is 0 Å². The molecule has 6 nitrogen and oxygen atoms in total. The maximum Gasteiger partial charge on any atom is 0.224 e. The maximum atomic E-state index is 12.7. The Morgan fingerprint density at radius 3 is 2.69 bits per heavy atom. The first-order valence-electron chi connectivity index (χ1n) is 9.48. The molecule has 1 amide bonds. The molecule has 2 atom stereocenters. The number of amides is 1. The maximum absolute atomic E-state index is 12.7. The van der Waals surface area contributed by atoms with Crippen LogP contribution >= 0.6 is 0 Å². The summed E-state index contributed by atoms with van der Waals surface area (Å²) in [6.45, 7) is 0. The van der Waals surface area contributed by atoms with E-state index in [1.165, 1.54) is 6.42 Å². The van der Waals surface area contributed by atoms with Crippen LogP contribution in [0.25, 0.3) is 5.82 Å². The number of nitrogens with one attached hydrogen (secondary N) is 1. The van der Waals surface area contributed by atoms with Crippen LogP contribution in [0, 0.1) is 17.3 Å². The molecular formula is C20H24N4O2. The lowest BCUT2D eigenvalue weighted by Crippen LogP contribution is -2.56. The molecule has 0 aromatic carbocycles. The van der Waals surface area contributed by atoms with Gasteiger partial charge in [-0.1, -0.05) is 0 Å². The Bertz CT molecular complexity index is 801. The monoisotopic (exact) mass is 352 g/mol. The number of imidazole rings is 1. The largest absolute Gasteiger partial charge is 0.390 e. The number of pyridine rings is 1. The van der Waals surface area contributed by atoms with E-state index in [1.54, 1.807) is 18.7 Å². The normalized spacial score (nSPS) is 34.8. The lowest BCUT2D eigenvalue weighted by molar-refractivity contribution is -0.167. The summed E-state index contributed by atoms with van der Waals surface area (Å²) < 4.78 is 1.82. The Labute approximate surface area is 152 Å². The summed E-state index contributed by atoms with van der Waals surface area (Å²) in [5.41, 5.74) is 0.188. The van der Waals surface area contributed by atoms with Gasteiger partial charge in [-0.05, 0) is 67.9 Å². The molecule has 136 valence electrons. The SMILES string of the molecule is O=C(CC12CC3CC(CC(O)(C3)C1)C2)Nc1ccc(-n2ccnc2)nc1. The second-order valence-electron chi connectivity index (χ2n) is 8.79. The van der Waals surface area contributed by atoms with Crippen molar-refractivity contribution in [2.24, 2.45) is 17.3 Å². The molecule has 4 saturated carbocycles. The van der Waals surface area contributed by atoms with E-state index in [0.717, 1.165) is 37.9 Å². The van der Waals surface area contributed by atoms with Crippen molar-refractivity contribution in [2.75, 3.05) is 5.32 Å². The minimum absolute atomic E-state index is 0.00685. The highest BCUT2D eigenvalue weighted by atomic mass is 16.3. The third-order valence-corrected chi connectivity index (χ3v) is 6.49. The minimum atomic E-state index is -0.516. The highest BCUT2D eigenvalue weighted by Gasteiger charge is 2.57. The van der Waals surface area contributed by atoms with Crippen molar-refractivity contribution in [2.45, 2.75) is 50.5 Å². The van der Waals surface area contributed by atoms with Crippen LogP contribution in [0.15, 0.2) is 37.1 Å². The van der Waals surface area contributed by atoms with E-state index >= 15 is 0 Å². The van der Waals surface area contributed by atoms with Gasteiger partial charge < -0.3 is 10.4 Å². The van der Waals surface area contributed by atoms with Gasteiger partial charge in [-0.2, -0.15) is 0 Å². The molecule has 2 N–H and O–H groups in total. The van der Waals surface area contributed by atoms with Crippen LogP contribution < -0.4 is 5.32 Å². The van der Waals surface area contributed by atoms with Crippen LogP contribution in [-0.4, -0.2) is 31.1 Å². The molecule has 0 spiro atoms. The zero-order valence-electron chi connectivity index (χ0n) is 14.8. The summed E-state index contributed by atoms with van der Waals surface area (Å²) in [6.07, 6.45) is 13.5. The van der Waals surface area contributed by atoms with Crippen LogP contribution in [0.3, 0.4) is 0 Å². The summed E-state index contributed by atoms with van der Waals surface area (Å²) in [4.78, 5) is 21.1. The van der Waals surface area contributed by atoms with Crippen LogP contribution in [-0.2, 0) is 4.79 Å². The molecule has 6 heteroatoms. The number of aromatic nitrogens is 3. The zero-order valence-corrected chi connectivity index (χ0v) is 14.8. The molecule has 0 aliphatic heterocycles. The van der Waals surface area contributed by atoms with Crippen molar-refractivity contribution in [3.8, 4) is 5.82 Å². The first-order valence-corrected chi connectivity index (χ1v) is 9.48. The van der Waals surface area contributed by atoms with Gasteiger partial charge in [-0.15, -0.1) is 0 Å². The number of hydrogen-bond acceptors (Lipinski definition) is 4. The Balaban J connectivity index is 1.26. The van der Waals surface area contributed by atoms with Gasteiger partial charge in [0.05, 0.1) is 17.5 Å². The molecule has 0 saturated heterocycles. The number of hydrogen-bond donors (Lipinski definition) is 2. The molecule has 2 aromatic rings. The fraction of sp³-hybridized carbons (Fsp3) is 0.550. The van der Waals surface area contributed by atoms with Gasteiger partial charge in [0.2, 0.25) is 5.91 Å². The zero-order chi connectivity index (χ0) is 17.8. The van der Waals surface area contributed by atoms with Crippen molar-refractivity contribution in [1.29, 1.82) is 0 Å². The van der Waals surface area contributed by atoms with Gasteiger partial charge in [0.1, 0.15) is 12.1 Å². The van der Waals surface area contributed by atoms with Gasteiger partial charge in [0.25, 0.3) is 0 Å². The lowest BCUT2D eigenvalue weighted by atomic mass is 9.47. The van der Waals surface area contributed by atoms with E-state index in [2.05, 4.69) is 15.3 Å². The predicted molar refractivity (Wildman–Crippen MR) is 96.7 cm³/mol. The van der Waals surface area contributed by atoms with Crippen LogP contribution in [0.1, 0.15) is 44.9 Å². The summed E-state index contributed by atoms with van der Waals surface area (Å²) in [5.74, 6) is 2.01. The standard InChI is InChI=1S/C20H24N4O2/c25-18(23-16-1-2-17(22-11-16)24-4-3-21-13-24)10-19-6-14-5-15(7-19)9-20(26,8-14)12-19/h1-4,11,13-15,26H,5-10,12H2,(H,23,25). The number of carbonyl (C=O) groups is 1. The molecule has 0 radical (unpaired) electrons. The average molecular weight is 352 g/mol. The molecule has 2 unspecified atom stereocenters. The second kappa shape index (κ2) is 5.64. The molecule has 4 fully saturated rings. The van der Waals surface area contributed by atoms with Crippen molar-refractivity contribution in [3.63, 3.8) is 0 Å². The summed E-state index contributed by atoms with van der Waals surface area (Å²) in [5, 5.41) is 13.8. The van der Waals surface area contributed by atoms with Gasteiger partial charge in [-0.25, -0.2) is 9.97 Å². The summed E-state index contributed by atoms with van der Waals surface area (Å²) >= 11 is 0. The number of carbonyl (C=O) groups excluding carboxylic acids is 1.